The number of hydrogen-bond donors (Lipinski definition) is 1. The molecule has 2 aromatic heterocycles. The molecule has 0 aromatic carbocycles. The van der Waals surface area contributed by atoms with Crippen LogP contribution in [0.2, 0.25) is 0 Å². The van der Waals surface area contributed by atoms with Crippen LogP contribution in [0.1, 0.15) is 34.8 Å². The van der Waals surface area contributed by atoms with Crippen molar-refractivity contribution in [1.29, 1.82) is 0 Å². The summed E-state index contributed by atoms with van der Waals surface area (Å²) in [4.78, 5) is 28.1. The fourth-order valence-corrected chi connectivity index (χ4v) is 3.11. The maximum atomic E-state index is 12.1. The molecule has 6 heteroatoms. The second kappa shape index (κ2) is 5.58. The number of rotatable bonds is 4. The highest BCUT2D eigenvalue weighted by Gasteiger charge is 2.19. The van der Waals surface area contributed by atoms with Gasteiger partial charge in [-0.15, -0.1) is 11.3 Å². The van der Waals surface area contributed by atoms with Crippen LogP contribution in [0.15, 0.2) is 22.3 Å². The molecule has 0 spiro atoms. The molecule has 2 heterocycles. The molecule has 0 aliphatic carbocycles. The van der Waals surface area contributed by atoms with E-state index < -0.39 is 5.97 Å². The van der Waals surface area contributed by atoms with E-state index in [2.05, 4.69) is 4.98 Å². The molecular formula is C14H16N2O3S. The van der Waals surface area contributed by atoms with Crippen LogP contribution in [0, 0.1) is 13.8 Å². The van der Waals surface area contributed by atoms with E-state index in [1.807, 2.05) is 24.4 Å². The van der Waals surface area contributed by atoms with Crippen LogP contribution in [0.3, 0.4) is 0 Å². The summed E-state index contributed by atoms with van der Waals surface area (Å²) in [5.41, 5.74) is 1.44. The molecule has 2 aromatic rings. The Bertz CT molecular complexity index is 689. The van der Waals surface area contributed by atoms with E-state index in [9.17, 15) is 9.59 Å². The van der Waals surface area contributed by atoms with Gasteiger partial charge < -0.3 is 5.11 Å². The standard InChI is InChI=1S/C14H16N2O3S/c1-8-11(7-13(17)18)9(2)16(14(19)15-8)10(3)12-5-4-6-20-12/h4-6,10H,7H2,1-3H3,(H,17,18). The number of thiophene rings is 1. The minimum Gasteiger partial charge on any atom is -0.481 e. The first-order valence-electron chi connectivity index (χ1n) is 6.25. The average molecular weight is 292 g/mol. The van der Waals surface area contributed by atoms with Crippen molar-refractivity contribution in [3.8, 4) is 0 Å². The summed E-state index contributed by atoms with van der Waals surface area (Å²) in [5.74, 6) is -0.924. The summed E-state index contributed by atoms with van der Waals surface area (Å²) < 4.78 is 1.57. The van der Waals surface area contributed by atoms with Gasteiger partial charge in [-0.1, -0.05) is 6.07 Å². The number of carbonyl (C=O) groups is 1. The second-order valence-corrected chi connectivity index (χ2v) is 5.65. The summed E-state index contributed by atoms with van der Waals surface area (Å²) in [5, 5.41) is 10.9. The lowest BCUT2D eigenvalue weighted by Crippen LogP contribution is -2.30. The first-order valence-corrected chi connectivity index (χ1v) is 7.13. The van der Waals surface area contributed by atoms with E-state index in [4.69, 9.17) is 5.11 Å². The number of carboxylic acids is 1. The van der Waals surface area contributed by atoms with Gasteiger partial charge in [-0.2, -0.15) is 4.98 Å². The van der Waals surface area contributed by atoms with Gasteiger partial charge in [0.15, 0.2) is 0 Å². The number of aliphatic carboxylic acids is 1. The molecular weight excluding hydrogens is 276 g/mol. The minimum absolute atomic E-state index is 0.123. The third-order valence-corrected chi connectivity index (χ3v) is 4.42. The highest BCUT2D eigenvalue weighted by atomic mass is 32.1. The van der Waals surface area contributed by atoms with Gasteiger partial charge in [0.1, 0.15) is 0 Å². The van der Waals surface area contributed by atoms with Crippen LogP contribution >= 0.6 is 11.3 Å². The molecule has 0 bridgehead atoms. The normalized spacial score (nSPS) is 12.3. The van der Waals surface area contributed by atoms with Gasteiger partial charge in [-0.25, -0.2) is 4.79 Å². The predicted molar refractivity (Wildman–Crippen MR) is 77.4 cm³/mol. The van der Waals surface area contributed by atoms with Gasteiger partial charge in [0.05, 0.1) is 12.5 Å². The molecule has 1 atom stereocenters. The van der Waals surface area contributed by atoms with Crippen LogP contribution in [0.4, 0.5) is 0 Å². The SMILES string of the molecule is Cc1nc(=O)n(C(C)c2cccs2)c(C)c1CC(=O)O. The average Bonchev–Trinajstić information content (AvgIpc) is 2.87. The lowest BCUT2D eigenvalue weighted by Gasteiger charge is -2.19. The molecule has 106 valence electrons. The maximum Gasteiger partial charge on any atom is 0.348 e. The number of carboxylic acid groups (broad SMARTS) is 1. The minimum atomic E-state index is -0.924. The van der Waals surface area contributed by atoms with Crippen LogP contribution in [0.5, 0.6) is 0 Å². The lowest BCUT2D eigenvalue weighted by molar-refractivity contribution is -0.136. The monoisotopic (exact) mass is 292 g/mol. The van der Waals surface area contributed by atoms with Crippen molar-refractivity contribution in [2.45, 2.75) is 33.2 Å². The van der Waals surface area contributed by atoms with Crippen molar-refractivity contribution in [2.24, 2.45) is 0 Å². The molecule has 5 nitrogen and oxygen atoms in total. The molecule has 20 heavy (non-hydrogen) atoms. The van der Waals surface area contributed by atoms with Crippen molar-refractivity contribution in [3.63, 3.8) is 0 Å². The van der Waals surface area contributed by atoms with E-state index in [1.165, 1.54) is 0 Å². The van der Waals surface area contributed by atoms with E-state index in [0.717, 1.165) is 4.88 Å². The van der Waals surface area contributed by atoms with Gasteiger partial charge in [0.2, 0.25) is 0 Å². The smallest absolute Gasteiger partial charge is 0.348 e. The lowest BCUT2D eigenvalue weighted by atomic mass is 10.1. The molecule has 1 N–H and O–H groups in total. The third-order valence-electron chi connectivity index (χ3n) is 3.37. The van der Waals surface area contributed by atoms with Gasteiger partial charge in [0, 0.05) is 21.8 Å². The van der Waals surface area contributed by atoms with E-state index >= 15 is 0 Å². The molecule has 1 unspecified atom stereocenters. The highest BCUT2D eigenvalue weighted by molar-refractivity contribution is 7.10. The van der Waals surface area contributed by atoms with Crippen molar-refractivity contribution in [2.75, 3.05) is 0 Å². The molecule has 0 saturated carbocycles. The zero-order valence-corrected chi connectivity index (χ0v) is 12.4. The summed E-state index contributed by atoms with van der Waals surface area (Å²) in [6.07, 6.45) is -0.123. The van der Waals surface area contributed by atoms with Crippen LogP contribution in [-0.2, 0) is 11.2 Å². The third kappa shape index (κ3) is 2.65. The summed E-state index contributed by atoms with van der Waals surface area (Å²) in [6.45, 7) is 5.37. The Hall–Kier alpha value is -1.95. The van der Waals surface area contributed by atoms with E-state index in [1.54, 1.807) is 29.8 Å². The molecule has 0 saturated heterocycles. The van der Waals surface area contributed by atoms with E-state index in [0.29, 0.717) is 17.0 Å². The Morgan fingerprint density at radius 1 is 1.50 bits per heavy atom. The maximum absolute atomic E-state index is 12.1. The quantitative estimate of drug-likeness (QED) is 0.937. The number of aromatic nitrogens is 2. The van der Waals surface area contributed by atoms with Crippen LogP contribution in [-0.4, -0.2) is 20.6 Å². The predicted octanol–water partition coefficient (Wildman–Crippen LogP) is 2.16. The van der Waals surface area contributed by atoms with Crippen molar-refractivity contribution in [1.82, 2.24) is 9.55 Å². The largest absolute Gasteiger partial charge is 0.481 e. The number of nitrogens with zero attached hydrogens (tertiary/aromatic N) is 2. The Labute approximate surface area is 120 Å². The second-order valence-electron chi connectivity index (χ2n) is 4.68. The van der Waals surface area contributed by atoms with E-state index in [-0.39, 0.29) is 18.2 Å². The topological polar surface area (TPSA) is 72.2 Å². The first kappa shape index (κ1) is 14.5. The summed E-state index contributed by atoms with van der Waals surface area (Å²) >= 11 is 1.56. The van der Waals surface area contributed by atoms with Crippen molar-refractivity contribution >= 4 is 17.3 Å². The van der Waals surface area contributed by atoms with Gasteiger partial charge in [-0.3, -0.25) is 9.36 Å². The molecule has 0 radical (unpaired) electrons. The highest BCUT2D eigenvalue weighted by Crippen LogP contribution is 2.24. The number of hydrogen-bond acceptors (Lipinski definition) is 4. The Balaban J connectivity index is 2.58. The van der Waals surface area contributed by atoms with Crippen LogP contribution in [0.25, 0.3) is 0 Å². The fraction of sp³-hybridized carbons (Fsp3) is 0.357. The Morgan fingerprint density at radius 2 is 2.20 bits per heavy atom. The van der Waals surface area contributed by atoms with Crippen molar-refractivity contribution in [3.05, 3.63) is 49.8 Å². The summed E-state index contributed by atoms with van der Waals surface area (Å²) in [6, 6.07) is 3.73. The summed E-state index contributed by atoms with van der Waals surface area (Å²) in [7, 11) is 0. The zero-order chi connectivity index (χ0) is 14.9. The zero-order valence-electron chi connectivity index (χ0n) is 11.6. The van der Waals surface area contributed by atoms with Gasteiger partial charge in [0.25, 0.3) is 0 Å². The molecule has 0 aliphatic rings. The molecule has 0 aliphatic heterocycles. The fourth-order valence-electron chi connectivity index (χ4n) is 2.33. The van der Waals surface area contributed by atoms with Crippen molar-refractivity contribution < 1.29 is 9.90 Å². The van der Waals surface area contributed by atoms with Crippen LogP contribution < -0.4 is 5.69 Å². The molecule has 0 fully saturated rings. The molecule has 2 rings (SSSR count). The van der Waals surface area contributed by atoms with Gasteiger partial charge >= 0.3 is 11.7 Å². The Kier molecular flexibility index (Phi) is 4.04. The van der Waals surface area contributed by atoms with Gasteiger partial charge in [-0.05, 0) is 32.2 Å². The molecule has 0 amide bonds. The Morgan fingerprint density at radius 3 is 2.75 bits per heavy atom. The number of aryl methyl sites for hydroxylation is 1. The first-order chi connectivity index (χ1) is 9.41.